The molecule has 9 heteroatoms. The third-order valence-corrected chi connectivity index (χ3v) is 8.19. The van der Waals surface area contributed by atoms with E-state index in [-0.39, 0.29) is 35.8 Å². The van der Waals surface area contributed by atoms with Gasteiger partial charge < -0.3 is 10.2 Å². The zero-order valence-corrected chi connectivity index (χ0v) is 19.4. The van der Waals surface area contributed by atoms with Crippen molar-refractivity contribution in [2.24, 2.45) is 5.92 Å². The molecule has 2 fully saturated rings. The van der Waals surface area contributed by atoms with Crippen molar-refractivity contribution in [1.82, 2.24) is 14.5 Å². The van der Waals surface area contributed by atoms with Gasteiger partial charge in [0, 0.05) is 36.8 Å². The molecule has 1 saturated heterocycles. The molecule has 1 N–H and O–H groups in total. The van der Waals surface area contributed by atoms with Crippen molar-refractivity contribution < 1.29 is 18.0 Å². The lowest BCUT2D eigenvalue weighted by atomic mass is 10.0. The SMILES string of the molecule is CC(=O)c1ccc(S(=O)(=O)N2CCN(C(=O)N[C@@H](c3ccc(Cl)cc3)C3CC3)CC2)cc1. The minimum Gasteiger partial charge on any atom is -0.331 e. The first-order chi connectivity index (χ1) is 15.3. The molecule has 7 nitrogen and oxygen atoms in total. The second-order valence-corrected chi connectivity index (χ2v) is 10.7. The van der Waals surface area contributed by atoms with E-state index in [1.807, 2.05) is 24.3 Å². The van der Waals surface area contributed by atoms with Crippen LogP contribution in [0.15, 0.2) is 53.4 Å². The molecular weight excluding hydrogens is 450 g/mol. The van der Waals surface area contributed by atoms with Crippen LogP contribution >= 0.6 is 11.6 Å². The fraction of sp³-hybridized carbons (Fsp3) is 0.391. The third kappa shape index (κ3) is 4.98. The van der Waals surface area contributed by atoms with Gasteiger partial charge in [-0.15, -0.1) is 0 Å². The van der Waals surface area contributed by atoms with E-state index in [1.54, 1.807) is 4.90 Å². The molecule has 4 rings (SSSR count). The quantitative estimate of drug-likeness (QED) is 0.645. The molecule has 0 aromatic heterocycles. The highest BCUT2D eigenvalue weighted by Crippen LogP contribution is 2.41. The summed E-state index contributed by atoms with van der Waals surface area (Å²) < 4.78 is 27.3. The Kier molecular flexibility index (Phi) is 6.55. The summed E-state index contributed by atoms with van der Waals surface area (Å²) in [5.41, 5.74) is 1.50. The molecule has 1 saturated carbocycles. The van der Waals surface area contributed by atoms with Gasteiger partial charge in [-0.05, 0) is 55.5 Å². The summed E-state index contributed by atoms with van der Waals surface area (Å²) in [4.78, 5) is 26.1. The predicted molar refractivity (Wildman–Crippen MR) is 122 cm³/mol. The Morgan fingerprint density at radius 3 is 2.09 bits per heavy atom. The van der Waals surface area contributed by atoms with E-state index in [4.69, 9.17) is 11.6 Å². The fourth-order valence-corrected chi connectivity index (χ4v) is 5.49. The Bertz CT molecular complexity index is 1090. The highest BCUT2D eigenvalue weighted by atomic mass is 35.5. The van der Waals surface area contributed by atoms with E-state index < -0.39 is 10.0 Å². The molecule has 1 aliphatic carbocycles. The first kappa shape index (κ1) is 22.8. The maximum absolute atomic E-state index is 12.9. The lowest BCUT2D eigenvalue weighted by Gasteiger charge is -2.35. The van der Waals surface area contributed by atoms with Crippen LogP contribution in [0.5, 0.6) is 0 Å². The van der Waals surface area contributed by atoms with Crippen LogP contribution in [-0.4, -0.2) is 55.6 Å². The molecule has 1 heterocycles. The molecule has 32 heavy (non-hydrogen) atoms. The lowest BCUT2D eigenvalue weighted by molar-refractivity contribution is 0.101. The number of Topliss-reactive ketones (excluding diaryl/α,β-unsaturated/α-hetero) is 1. The number of sulfonamides is 1. The molecular formula is C23H26ClN3O4S. The number of amides is 2. The normalized spacial score (nSPS) is 18.2. The fourth-order valence-electron chi connectivity index (χ4n) is 3.94. The number of benzene rings is 2. The molecule has 2 aliphatic rings. The number of carbonyl (C=O) groups is 2. The van der Waals surface area contributed by atoms with Gasteiger partial charge in [-0.2, -0.15) is 4.31 Å². The van der Waals surface area contributed by atoms with Crippen LogP contribution in [-0.2, 0) is 10.0 Å². The number of carbonyl (C=O) groups excluding carboxylic acids is 2. The average molecular weight is 476 g/mol. The van der Waals surface area contributed by atoms with Crippen molar-refractivity contribution >= 4 is 33.4 Å². The maximum Gasteiger partial charge on any atom is 0.317 e. The summed E-state index contributed by atoms with van der Waals surface area (Å²) in [5.74, 6) is 0.302. The van der Waals surface area contributed by atoms with Gasteiger partial charge in [-0.25, -0.2) is 13.2 Å². The third-order valence-electron chi connectivity index (χ3n) is 6.03. The van der Waals surface area contributed by atoms with Crippen LogP contribution in [0.25, 0.3) is 0 Å². The van der Waals surface area contributed by atoms with Gasteiger partial charge in [0.2, 0.25) is 10.0 Å². The van der Waals surface area contributed by atoms with E-state index in [1.165, 1.54) is 35.5 Å². The van der Waals surface area contributed by atoms with Crippen LogP contribution in [0.4, 0.5) is 4.79 Å². The number of hydrogen-bond donors (Lipinski definition) is 1. The summed E-state index contributed by atoms with van der Waals surface area (Å²) in [7, 11) is -3.68. The van der Waals surface area contributed by atoms with Crippen molar-refractivity contribution in [1.29, 1.82) is 0 Å². The Balaban J connectivity index is 1.37. The average Bonchev–Trinajstić information content (AvgIpc) is 3.63. The van der Waals surface area contributed by atoms with E-state index >= 15 is 0 Å². The molecule has 2 amide bonds. The lowest BCUT2D eigenvalue weighted by Crippen LogP contribution is -2.53. The molecule has 1 aliphatic heterocycles. The molecule has 0 radical (unpaired) electrons. The summed E-state index contributed by atoms with van der Waals surface area (Å²) in [6.45, 7) is 2.51. The zero-order valence-electron chi connectivity index (χ0n) is 17.8. The maximum atomic E-state index is 12.9. The number of rotatable bonds is 6. The molecule has 2 aromatic carbocycles. The summed E-state index contributed by atoms with van der Waals surface area (Å²) >= 11 is 5.99. The zero-order chi connectivity index (χ0) is 22.9. The van der Waals surface area contributed by atoms with Crippen molar-refractivity contribution in [2.45, 2.75) is 30.7 Å². The van der Waals surface area contributed by atoms with Crippen LogP contribution in [0.2, 0.25) is 5.02 Å². The standard InChI is InChI=1S/C23H26ClN3O4S/c1-16(28)17-6-10-21(11-7-17)32(30,31)27-14-12-26(13-15-27)23(29)25-22(18-2-3-18)19-4-8-20(24)9-5-19/h4-11,18,22H,2-3,12-15H2,1H3,(H,25,29)/t22-/m1/s1. The van der Waals surface area contributed by atoms with Crippen LogP contribution in [0.3, 0.4) is 0 Å². The van der Waals surface area contributed by atoms with Crippen LogP contribution < -0.4 is 5.32 Å². The largest absolute Gasteiger partial charge is 0.331 e. The van der Waals surface area contributed by atoms with Crippen molar-refractivity contribution in [3.63, 3.8) is 0 Å². The van der Waals surface area contributed by atoms with Gasteiger partial charge in [-0.1, -0.05) is 35.9 Å². The Hall–Kier alpha value is -2.42. The minimum atomic E-state index is -3.68. The Labute approximate surface area is 193 Å². The molecule has 170 valence electrons. The van der Waals surface area contributed by atoms with Gasteiger partial charge in [0.1, 0.15) is 0 Å². The van der Waals surface area contributed by atoms with Gasteiger partial charge in [0.15, 0.2) is 5.78 Å². The topological polar surface area (TPSA) is 86.8 Å². The van der Waals surface area contributed by atoms with Crippen molar-refractivity contribution in [3.05, 3.63) is 64.7 Å². The number of nitrogens with zero attached hydrogens (tertiary/aromatic N) is 2. The van der Waals surface area contributed by atoms with Gasteiger partial charge in [0.25, 0.3) is 0 Å². The van der Waals surface area contributed by atoms with E-state index in [2.05, 4.69) is 5.32 Å². The first-order valence-corrected chi connectivity index (χ1v) is 12.5. The van der Waals surface area contributed by atoms with Gasteiger partial charge >= 0.3 is 6.03 Å². The summed E-state index contributed by atoms with van der Waals surface area (Å²) in [6.07, 6.45) is 2.14. The predicted octanol–water partition coefficient (Wildman–Crippen LogP) is 3.71. The van der Waals surface area contributed by atoms with Crippen molar-refractivity contribution in [3.8, 4) is 0 Å². The summed E-state index contributed by atoms with van der Waals surface area (Å²) in [6, 6.07) is 13.2. The van der Waals surface area contributed by atoms with E-state index in [9.17, 15) is 18.0 Å². The number of urea groups is 1. The molecule has 2 aromatic rings. The van der Waals surface area contributed by atoms with Crippen LogP contribution in [0, 0.1) is 5.92 Å². The number of hydrogen-bond acceptors (Lipinski definition) is 4. The Morgan fingerprint density at radius 2 is 1.56 bits per heavy atom. The highest BCUT2D eigenvalue weighted by molar-refractivity contribution is 7.89. The van der Waals surface area contributed by atoms with E-state index in [0.717, 1.165) is 18.4 Å². The first-order valence-electron chi connectivity index (χ1n) is 10.7. The Morgan fingerprint density at radius 1 is 0.969 bits per heavy atom. The number of piperazine rings is 1. The molecule has 0 unspecified atom stereocenters. The molecule has 1 atom stereocenters. The molecule has 0 spiro atoms. The van der Waals surface area contributed by atoms with Gasteiger partial charge in [0.05, 0.1) is 10.9 Å². The smallest absolute Gasteiger partial charge is 0.317 e. The second-order valence-electron chi connectivity index (χ2n) is 8.29. The van der Waals surface area contributed by atoms with Gasteiger partial charge in [-0.3, -0.25) is 4.79 Å². The second kappa shape index (κ2) is 9.21. The number of halogens is 1. The van der Waals surface area contributed by atoms with Crippen molar-refractivity contribution in [2.75, 3.05) is 26.2 Å². The number of ketones is 1. The number of nitrogens with one attached hydrogen (secondary N) is 1. The monoisotopic (exact) mass is 475 g/mol. The summed E-state index contributed by atoms with van der Waals surface area (Å²) in [5, 5.41) is 3.79. The molecule has 0 bridgehead atoms. The van der Waals surface area contributed by atoms with Crippen LogP contribution in [0.1, 0.15) is 41.7 Å². The minimum absolute atomic E-state index is 0.0682. The van der Waals surface area contributed by atoms with E-state index in [0.29, 0.717) is 29.6 Å². The highest BCUT2D eigenvalue weighted by Gasteiger charge is 2.36.